The summed E-state index contributed by atoms with van der Waals surface area (Å²) in [7, 11) is 0. The number of aromatic amines is 1. The highest BCUT2D eigenvalue weighted by molar-refractivity contribution is 5.92. The van der Waals surface area contributed by atoms with E-state index in [9.17, 15) is 0 Å². The molecule has 71 valence electrons. The number of rotatable bonds is 1. The van der Waals surface area contributed by atoms with E-state index in [1.165, 1.54) is 0 Å². The summed E-state index contributed by atoms with van der Waals surface area (Å²) in [6.07, 6.45) is 6.16. The number of H-pyrrole nitrogens is 1. The second-order valence-corrected chi connectivity index (χ2v) is 3.18. The zero-order valence-corrected chi connectivity index (χ0v) is 7.81. The van der Waals surface area contributed by atoms with E-state index in [0.29, 0.717) is 0 Å². The van der Waals surface area contributed by atoms with Gasteiger partial charge in [-0.1, -0.05) is 24.3 Å². The summed E-state index contributed by atoms with van der Waals surface area (Å²) in [5.74, 6) is 0. The first-order valence-electron chi connectivity index (χ1n) is 4.57. The molecule has 3 rings (SSSR count). The molecule has 4 nitrogen and oxygen atoms in total. The van der Waals surface area contributed by atoms with E-state index >= 15 is 0 Å². The van der Waals surface area contributed by atoms with Crippen LogP contribution in [-0.4, -0.2) is 20.2 Å². The lowest BCUT2D eigenvalue weighted by Crippen LogP contribution is -1.89. The summed E-state index contributed by atoms with van der Waals surface area (Å²) >= 11 is 0. The van der Waals surface area contributed by atoms with E-state index in [-0.39, 0.29) is 0 Å². The zero-order chi connectivity index (χ0) is 10.1. The summed E-state index contributed by atoms with van der Waals surface area (Å²) in [6.45, 7) is 0. The number of benzene rings is 1. The lowest BCUT2D eigenvalue weighted by atomic mass is 10.1. The smallest absolute Gasteiger partial charge is 0.174 e. The molecule has 0 saturated carbocycles. The standard InChI is InChI=1S/C11H7N4/c1-2-4-9-8(3-1)5-14-15-11(9)10-6-12-7-13-10/h1-6H,(H,12,13). The molecule has 0 amide bonds. The predicted molar refractivity (Wildman–Crippen MR) is 56.0 cm³/mol. The van der Waals surface area contributed by atoms with Gasteiger partial charge in [0, 0.05) is 17.0 Å². The molecule has 4 heteroatoms. The van der Waals surface area contributed by atoms with Gasteiger partial charge in [0.15, 0.2) is 6.33 Å². The van der Waals surface area contributed by atoms with Gasteiger partial charge in [0.05, 0.1) is 6.20 Å². The molecule has 1 radical (unpaired) electrons. The van der Waals surface area contributed by atoms with Gasteiger partial charge in [-0.3, -0.25) is 0 Å². The highest BCUT2D eigenvalue weighted by atomic mass is 15.1. The topological polar surface area (TPSA) is 54.5 Å². The van der Waals surface area contributed by atoms with Crippen molar-refractivity contribution < 1.29 is 0 Å². The van der Waals surface area contributed by atoms with Crippen LogP contribution >= 0.6 is 0 Å². The molecule has 0 aliphatic heterocycles. The number of nitrogens with one attached hydrogen (secondary N) is 1. The Morgan fingerprint density at radius 3 is 3.00 bits per heavy atom. The summed E-state index contributed by atoms with van der Waals surface area (Å²) in [4.78, 5) is 6.84. The van der Waals surface area contributed by atoms with Gasteiger partial charge in [-0.25, -0.2) is 4.98 Å². The molecule has 0 bridgehead atoms. The largest absolute Gasteiger partial charge is 0.341 e. The molecule has 15 heavy (non-hydrogen) atoms. The van der Waals surface area contributed by atoms with E-state index in [0.717, 1.165) is 22.2 Å². The Balaban J connectivity index is 2.36. The Morgan fingerprint density at radius 2 is 2.13 bits per heavy atom. The lowest BCUT2D eigenvalue weighted by molar-refractivity contribution is 1.05. The minimum atomic E-state index is 0.763. The van der Waals surface area contributed by atoms with Crippen LogP contribution in [-0.2, 0) is 0 Å². The number of aromatic nitrogens is 4. The molecule has 0 aliphatic rings. The zero-order valence-electron chi connectivity index (χ0n) is 7.81. The number of hydrogen-bond acceptors (Lipinski definition) is 3. The normalized spacial score (nSPS) is 10.7. The Morgan fingerprint density at radius 1 is 1.20 bits per heavy atom. The van der Waals surface area contributed by atoms with Gasteiger partial charge in [0.25, 0.3) is 0 Å². The van der Waals surface area contributed by atoms with Gasteiger partial charge < -0.3 is 4.98 Å². The minimum absolute atomic E-state index is 0.763. The van der Waals surface area contributed by atoms with E-state index in [4.69, 9.17) is 0 Å². The fraction of sp³-hybridized carbons (Fsp3) is 0. The van der Waals surface area contributed by atoms with Crippen LogP contribution in [0, 0.1) is 6.33 Å². The second kappa shape index (κ2) is 3.16. The minimum Gasteiger partial charge on any atom is -0.341 e. The first-order valence-corrected chi connectivity index (χ1v) is 4.57. The van der Waals surface area contributed by atoms with Gasteiger partial charge in [-0.2, -0.15) is 5.10 Å². The van der Waals surface area contributed by atoms with Crippen LogP contribution < -0.4 is 0 Å². The molecule has 0 saturated heterocycles. The Hall–Kier alpha value is -2.23. The third-order valence-corrected chi connectivity index (χ3v) is 2.26. The average Bonchev–Trinajstić information content (AvgIpc) is 2.82. The predicted octanol–water partition coefficient (Wildman–Crippen LogP) is 1.82. The van der Waals surface area contributed by atoms with Crippen molar-refractivity contribution >= 4 is 10.8 Å². The first kappa shape index (κ1) is 8.11. The van der Waals surface area contributed by atoms with E-state index in [2.05, 4.69) is 26.5 Å². The van der Waals surface area contributed by atoms with Crippen LogP contribution in [0.2, 0.25) is 0 Å². The highest BCUT2D eigenvalue weighted by Gasteiger charge is 2.06. The number of hydrogen-bond donors (Lipinski definition) is 1. The van der Waals surface area contributed by atoms with Crippen molar-refractivity contribution in [2.75, 3.05) is 0 Å². The maximum atomic E-state index is 4.10. The van der Waals surface area contributed by atoms with Crippen molar-refractivity contribution in [1.82, 2.24) is 20.2 Å². The number of imidazole rings is 1. The molecule has 2 heterocycles. The van der Waals surface area contributed by atoms with Crippen molar-refractivity contribution in [3.63, 3.8) is 0 Å². The molecule has 1 aromatic carbocycles. The summed E-state index contributed by atoms with van der Waals surface area (Å²) < 4.78 is 0. The summed E-state index contributed by atoms with van der Waals surface area (Å²) in [5.41, 5.74) is 1.55. The van der Waals surface area contributed by atoms with Crippen LogP contribution in [0.15, 0.2) is 36.7 Å². The van der Waals surface area contributed by atoms with Crippen molar-refractivity contribution in [2.24, 2.45) is 0 Å². The monoisotopic (exact) mass is 195 g/mol. The molecule has 0 spiro atoms. The van der Waals surface area contributed by atoms with Crippen LogP contribution in [0.25, 0.3) is 22.2 Å². The van der Waals surface area contributed by atoms with Gasteiger partial charge in [-0.05, 0) is 0 Å². The molecule has 0 atom stereocenters. The molecule has 0 fully saturated rings. The third-order valence-electron chi connectivity index (χ3n) is 2.26. The first-order chi connectivity index (χ1) is 7.45. The summed E-state index contributed by atoms with van der Waals surface area (Å²) in [6, 6.07) is 7.96. The summed E-state index contributed by atoms with van der Waals surface area (Å²) in [5, 5.41) is 10.2. The SMILES string of the molecule is [c]1nc(-c2nncc3ccccc23)c[nH]1. The second-order valence-electron chi connectivity index (χ2n) is 3.18. The third kappa shape index (κ3) is 1.27. The van der Waals surface area contributed by atoms with E-state index < -0.39 is 0 Å². The average molecular weight is 195 g/mol. The Bertz CT molecular complexity index is 581. The van der Waals surface area contributed by atoms with Gasteiger partial charge in [-0.15, -0.1) is 5.10 Å². The molecular formula is C11H7N4. The van der Waals surface area contributed by atoms with E-state index in [1.807, 2.05) is 24.3 Å². The van der Waals surface area contributed by atoms with Gasteiger partial charge >= 0.3 is 0 Å². The van der Waals surface area contributed by atoms with Crippen LogP contribution in [0.4, 0.5) is 0 Å². The Labute approximate surface area is 86.0 Å². The van der Waals surface area contributed by atoms with E-state index in [1.54, 1.807) is 12.4 Å². The molecule has 3 aromatic rings. The highest BCUT2D eigenvalue weighted by Crippen LogP contribution is 2.22. The van der Waals surface area contributed by atoms with Crippen LogP contribution in [0.3, 0.4) is 0 Å². The van der Waals surface area contributed by atoms with Crippen molar-refractivity contribution in [2.45, 2.75) is 0 Å². The number of nitrogens with zero attached hydrogens (tertiary/aromatic N) is 3. The van der Waals surface area contributed by atoms with Crippen molar-refractivity contribution in [3.05, 3.63) is 43.0 Å². The molecule has 0 aliphatic carbocycles. The van der Waals surface area contributed by atoms with Crippen LogP contribution in [0.5, 0.6) is 0 Å². The maximum Gasteiger partial charge on any atom is 0.174 e. The molecule has 2 aromatic heterocycles. The fourth-order valence-electron chi connectivity index (χ4n) is 1.56. The molecule has 1 N–H and O–H groups in total. The van der Waals surface area contributed by atoms with Gasteiger partial charge in [0.2, 0.25) is 0 Å². The number of fused-ring (bicyclic) bond motifs is 1. The molecular weight excluding hydrogens is 188 g/mol. The lowest BCUT2D eigenvalue weighted by Gasteiger charge is -2.00. The van der Waals surface area contributed by atoms with Crippen molar-refractivity contribution in [1.29, 1.82) is 0 Å². The maximum absolute atomic E-state index is 4.10. The fourth-order valence-corrected chi connectivity index (χ4v) is 1.56. The van der Waals surface area contributed by atoms with Gasteiger partial charge in [0.1, 0.15) is 11.4 Å². The quantitative estimate of drug-likeness (QED) is 0.644. The molecule has 0 unspecified atom stereocenters. The Kier molecular flexibility index (Phi) is 1.71. The van der Waals surface area contributed by atoms with Crippen LogP contribution in [0.1, 0.15) is 0 Å². The van der Waals surface area contributed by atoms with Crippen molar-refractivity contribution in [3.8, 4) is 11.4 Å².